The summed E-state index contributed by atoms with van der Waals surface area (Å²) in [6, 6.07) is 3.56. The van der Waals surface area contributed by atoms with Crippen LogP contribution in [0.5, 0.6) is 0 Å². The van der Waals surface area contributed by atoms with Crippen molar-refractivity contribution in [3.05, 3.63) is 41.5 Å². The van der Waals surface area contributed by atoms with Crippen LogP contribution in [0.15, 0.2) is 29.4 Å². The van der Waals surface area contributed by atoms with E-state index in [4.69, 9.17) is 0 Å². The van der Waals surface area contributed by atoms with Gasteiger partial charge in [-0.05, 0) is 25.5 Å². The van der Waals surface area contributed by atoms with E-state index >= 15 is 0 Å². The number of hydrogen-bond acceptors (Lipinski definition) is 5. The number of likely N-dealkylation sites (tertiary alicyclic amines) is 1. The number of carbonyl (C=O) groups is 1. The highest BCUT2D eigenvalue weighted by Crippen LogP contribution is 2.30. The average molecular weight is 334 g/mol. The van der Waals surface area contributed by atoms with Crippen molar-refractivity contribution in [2.75, 3.05) is 19.3 Å². The summed E-state index contributed by atoms with van der Waals surface area (Å²) in [4.78, 5) is 18.6. The van der Waals surface area contributed by atoms with Crippen LogP contribution in [-0.2, 0) is 9.84 Å². The minimum absolute atomic E-state index is 0.0513. The first-order chi connectivity index (χ1) is 10.9. The van der Waals surface area contributed by atoms with Gasteiger partial charge in [0.15, 0.2) is 9.84 Å². The van der Waals surface area contributed by atoms with Crippen molar-refractivity contribution >= 4 is 15.7 Å². The summed E-state index contributed by atoms with van der Waals surface area (Å²) in [7, 11) is -3.33. The lowest BCUT2D eigenvalue weighted by atomic mass is 10.1. The molecule has 1 N–H and O–H groups in total. The first kappa shape index (κ1) is 15.7. The summed E-state index contributed by atoms with van der Waals surface area (Å²) in [5, 5.41) is 6.63. The molecule has 0 saturated carbocycles. The Hall–Kier alpha value is -2.22. The number of sulfone groups is 1. The summed E-state index contributed by atoms with van der Waals surface area (Å²) in [5.41, 5.74) is 1.99. The summed E-state index contributed by atoms with van der Waals surface area (Å²) < 4.78 is 23.6. The molecule has 1 fully saturated rings. The highest BCUT2D eigenvalue weighted by molar-refractivity contribution is 7.90. The van der Waals surface area contributed by atoms with Crippen molar-refractivity contribution in [2.45, 2.75) is 24.2 Å². The lowest BCUT2D eigenvalue weighted by Gasteiger charge is -2.16. The van der Waals surface area contributed by atoms with Gasteiger partial charge in [-0.25, -0.2) is 8.42 Å². The normalized spacial score (nSPS) is 18.3. The molecule has 1 aliphatic rings. The van der Waals surface area contributed by atoms with Gasteiger partial charge in [0.1, 0.15) is 4.90 Å². The SMILES string of the molecule is Cc1ccc(C(=O)N2CCC(c3[nH]ncc3S(C)(=O)=O)C2)cn1. The molecule has 8 heteroatoms. The highest BCUT2D eigenvalue weighted by atomic mass is 32.2. The highest BCUT2D eigenvalue weighted by Gasteiger charge is 2.32. The van der Waals surface area contributed by atoms with E-state index in [1.807, 2.05) is 6.92 Å². The number of rotatable bonds is 3. The van der Waals surface area contributed by atoms with Crippen LogP contribution >= 0.6 is 0 Å². The first-order valence-corrected chi connectivity index (χ1v) is 9.20. The Balaban J connectivity index is 1.78. The Morgan fingerprint density at radius 3 is 2.78 bits per heavy atom. The molecule has 1 saturated heterocycles. The lowest BCUT2D eigenvalue weighted by molar-refractivity contribution is 0.0790. The number of aryl methyl sites for hydroxylation is 1. The molecular weight excluding hydrogens is 316 g/mol. The van der Waals surface area contributed by atoms with Crippen LogP contribution in [0, 0.1) is 6.92 Å². The van der Waals surface area contributed by atoms with Gasteiger partial charge >= 0.3 is 0 Å². The molecule has 7 nitrogen and oxygen atoms in total. The smallest absolute Gasteiger partial charge is 0.255 e. The zero-order valence-electron chi connectivity index (χ0n) is 13.0. The molecule has 23 heavy (non-hydrogen) atoms. The Morgan fingerprint density at radius 1 is 1.35 bits per heavy atom. The van der Waals surface area contributed by atoms with E-state index in [9.17, 15) is 13.2 Å². The van der Waals surface area contributed by atoms with Crippen molar-refractivity contribution in [2.24, 2.45) is 0 Å². The van der Waals surface area contributed by atoms with Gasteiger partial charge in [-0.15, -0.1) is 0 Å². The molecule has 3 heterocycles. The molecule has 1 aliphatic heterocycles. The Bertz CT molecular complexity index is 827. The molecule has 0 aliphatic carbocycles. The minimum atomic E-state index is -3.33. The number of hydrogen-bond donors (Lipinski definition) is 1. The predicted octanol–water partition coefficient (Wildman–Crippen LogP) is 1.15. The van der Waals surface area contributed by atoms with Crippen molar-refractivity contribution in [3.63, 3.8) is 0 Å². The van der Waals surface area contributed by atoms with Crippen LogP contribution in [-0.4, -0.2) is 53.8 Å². The van der Waals surface area contributed by atoms with Crippen LogP contribution in [0.4, 0.5) is 0 Å². The minimum Gasteiger partial charge on any atom is -0.338 e. The van der Waals surface area contributed by atoms with Crippen LogP contribution in [0.2, 0.25) is 0 Å². The second-order valence-electron chi connectivity index (χ2n) is 5.85. The molecule has 0 radical (unpaired) electrons. The molecule has 1 unspecified atom stereocenters. The largest absolute Gasteiger partial charge is 0.338 e. The second kappa shape index (κ2) is 5.77. The summed E-state index contributed by atoms with van der Waals surface area (Å²) in [6.07, 6.45) is 4.77. The van der Waals surface area contributed by atoms with Crippen molar-refractivity contribution < 1.29 is 13.2 Å². The third-order valence-corrected chi connectivity index (χ3v) is 5.20. The first-order valence-electron chi connectivity index (χ1n) is 7.31. The van der Waals surface area contributed by atoms with Gasteiger partial charge in [0.25, 0.3) is 5.91 Å². The summed E-state index contributed by atoms with van der Waals surface area (Å²) >= 11 is 0. The molecule has 0 spiro atoms. The molecule has 1 atom stereocenters. The quantitative estimate of drug-likeness (QED) is 0.908. The number of amides is 1. The summed E-state index contributed by atoms with van der Waals surface area (Å²) in [5.74, 6) is -0.134. The van der Waals surface area contributed by atoms with E-state index in [0.29, 0.717) is 30.8 Å². The Kier molecular flexibility index (Phi) is 3.93. The number of aromatic amines is 1. The lowest BCUT2D eigenvalue weighted by Crippen LogP contribution is -2.28. The molecule has 3 rings (SSSR count). The molecule has 2 aromatic heterocycles. The second-order valence-corrected chi connectivity index (χ2v) is 7.83. The van der Waals surface area contributed by atoms with Crippen molar-refractivity contribution in [1.82, 2.24) is 20.1 Å². The maximum atomic E-state index is 12.5. The standard InChI is InChI=1S/C15H18N4O3S/c1-10-3-4-11(7-16-10)15(20)19-6-5-12(9-19)14-13(8-17-18-14)23(2,21)22/h3-4,7-8,12H,5-6,9H2,1-2H3,(H,17,18). The number of carbonyl (C=O) groups excluding carboxylic acids is 1. The van der Waals surface area contributed by atoms with Gasteiger partial charge in [0.05, 0.1) is 17.5 Å². The molecule has 0 aromatic carbocycles. The van der Waals surface area contributed by atoms with Gasteiger partial charge < -0.3 is 4.90 Å². The van der Waals surface area contributed by atoms with Gasteiger partial charge in [0, 0.05) is 37.2 Å². The zero-order valence-corrected chi connectivity index (χ0v) is 13.8. The predicted molar refractivity (Wildman–Crippen MR) is 83.9 cm³/mol. The fourth-order valence-electron chi connectivity index (χ4n) is 2.83. The van der Waals surface area contributed by atoms with Gasteiger partial charge in [0.2, 0.25) is 0 Å². The van der Waals surface area contributed by atoms with E-state index < -0.39 is 9.84 Å². The number of nitrogens with zero attached hydrogens (tertiary/aromatic N) is 3. The van der Waals surface area contributed by atoms with Gasteiger partial charge in [-0.2, -0.15) is 5.10 Å². The van der Waals surface area contributed by atoms with Crippen molar-refractivity contribution in [3.8, 4) is 0 Å². The van der Waals surface area contributed by atoms with Crippen molar-refractivity contribution in [1.29, 1.82) is 0 Å². The molecule has 0 bridgehead atoms. The maximum absolute atomic E-state index is 12.5. The van der Waals surface area contributed by atoms with E-state index in [2.05, 4.69) is 15.2 Å². The third kappa shape index (κ3) is 3.12. The van der Waals surface area contributed by atoms with E-state index in [0.717, 1.165) is 11.9 Å². The number of nitrogens with one attached hydrogen (secondary N) is 1. The number of H-pyrrole nitrogens is 1. The van der Waals surface area contributed by atoms with Gasteiger partial charge in [-0.1, -0.05) is 0 Å². The van der Waals surface area contributed by atoms with Crippen LogP contribution < -0.4 is 0 Å². The third-order valence-electron chi connectivity index (χ3n) is 4.07. The number of aromatic nitrogens is 3. The topological polar surface area (TPSA) is 96.0 Å². The van der Waals surface area contributed by atoms with Crippen LogP contribution in [0.25, 0.3) is 0 Å². The van der Waals surface area contributed by atoms with Crippen LogP contribution in [0.3, 0.4) is 0 Å². The Labute approximate surface area is 134 Å². The molecule has 1 amide bonds. The Morgan fingerprint density at radius 2 is 2.13 bits per heavy atom. The summed E-state index contributed by atoms with van der Waals surface area (Å²) in [6.45, 7) is 2.92. The van der Waals surface area contributed by atoms with E-state index in [-0.39, 0.29) is 16.7 Å². The monoisotopic (exact) mass is 334 g/mol. The molecule has 122 valence electrons. The number of pyridine rings is 1. The zero-order chi connectivity index (χ0) is 16.6. The maximum Gasteiger partial charge on any atom is 0.255 e. The fraction of sp³-hybridized carbons (Fsp3) is 0.400. The van der Waals surface area contributed by atoms with Crippen LogP contribution in [0.1, 0.15) is 34.1 Å². The van der Waals surface area contributed by atoms with E-state index in [1.165, 1.54) is 6.20 Å². The molecular formula is C15H18N4O3S. The molecule has 2 aromatic rings. The fourth-order valence-corrected chi connectivity index (χ4v) is 3.69. The van der Waals surface area contributed by atoms with Gasteiger partial charge in [-0.3, -0.25) is 14.9 Å². The van der Waals surface area contributed by atoms with E-state index in [1.54, 1.807) is 23.2 Å². The average Bonchev–Trinajstić information content (AvgIpc) is 3.15.